The van der Waals surface area contributed by atoms with E-state index in [-0.39, 0.29) is 40.1 Å². The maximum Gasteiger partial charge on any atom is 1.00 e. The van der Waals surface area contributed by atoms with Crippen molar-refractivity contribution < 1.29 is 44.4 Å². The van der Waals surface area contributed by atoms with E-state index < -0.39 is 16.6 Å². The molecule has 1 rings (SSSR count). The van der Waals surface area contributed by atoms with Crippen LogP contribution >= 0.6 is 11.6 Å². The molecule has 0 radical (unpaired) electrons. The van der Waals surface area contributed by atoms with Crippen LogP contribution in [-0.4, -0.2) is 10.9 Å². The van der Waals surface area contributed by atoms with E-state index in [1.807, 2.05) is 0 Å². The monoisotopic (exact) mass is 223 g/mol. The van der Waals surface area contributed by atoms with Crippen LogP contribution in [0.15, 0.2) is 18.2 Å². The van der Waals surface area contributed by atoms with Crippen molar-refractivity contribution in [3.8, 4) is 0 Å². The zero-order valence-corrected chi connectivity index (χ0v) is 9.95. The Morgan fingerprint density at radius 1 is 1.43 bits per heavy atom. The van der Waals surface area contributed by atoms with E-state index in [1.54, 1.807) is 0 Å². The first-order chi connectivity index (χ1) is 6.02. The number of hydrogen-bond acceptors (Lipinski definition) is 4. The number of hydrogen-bond donors (Lipinski definition) is 0. The third-order valence-electron chi connectivity index (χ3n) is 1.38. The van der Waals surface area contributed by atoms with Crippen molar-refractivity contribution in [1.29, 1.82) is 0 Å². The molecule has 0 saturated carbocycles. The number of carboxylic acid groups (broad SMARTS) is 1. The standard InChI is InChI=1S/C7H4ClNO4.Na/c8-5-2-1-4(7(10)11)3-6(5)9(12)13;/h1-3H,(H,10,11);/q;+1/p-1. The number of carbonyl (C=O) groups excluding carboxylic acids is 1. The van der Waals surface area contributed by atoms with Crippen molar-refractivity contribution in [2.24, 2.45) is 0 Å². The summed E-state index contributed by atoms with van der Waals surface area (Å²) in [7, 11) is 0. The fourth-order valence-corrected chi connectivity index (χ4v) is 0.966. The molecular formula is C7H3ClNNaO4. The van der Waals surface area contributed by atoms with Crippen LogP contribution < -0.4 is 34.7 Å². The number of nitro groups is 1. The van der Waals surface area contributed by atoms with E-state index in [2.05, 4.69) is 0 Å². The van der Waals surface area contributed by atoms with E-state index in [9.17, 15) is 20.0 Å². The summed E-state index contributed by atoms with van der Waals surface area (Å²) in [5.74, 6) is -1.47. The molecule has 0 fully saturated rings. The van der Waals surface area contributed by atoms with E-state index in [1.165, 1.54) is 0 Å². The second-order valence-electron chi connectivity index (χ2n) is 2.21. The molecule has 0 saturated heterocycles. The summed E-state index contributed by atoms with van der Waals surface area (Å²) in [5, 5.41) is 20.5. The van der Waals surface area contributed by atoms with Gasteiger partial charge in [0.15, 0.2) is 0 Å². The Morgan fingerprint density at radius 2 is 2.00 bits per heavy atom. The maximum absolute atomic E-state index is 10.3. The van der Waals surface area contributed by atoms with E-state index >= 15 is 0 Å². The van der Waals surface area contributed by atoms with Crippen LogP contribution in [0.4, 0.5) is 5.69 Å². The van der Waals surface area contributed by atoms with E-state index in [0.717, 1.165) is 18.2 Å². The van der Waals surface area contributed by atoms with Crippen LogP contribution in [0.2, 0.25) is 5.02 Å². The molecule has 5 nitrogen and oxygen atoms in total. The molecular weight excluding hydrogens is 221 g/mol. The number of halogens is 1. The van der Waals surface area contributed by atoms with Crippen LogP contribution in [0.5, 0.6) is 0 Å². The SMILES string of the molecule is O=C([O-])c1ccc(Cl)c([N+](=O)[O-])c1.[Na+]. The van der Waals surface area contributed by atoms with Gasteiger partial charge in [-0.15, -0.1) is 0 Å². The van der Waals surface area contributed by atoms with Crippen molar-refractivity contribution >= 4 is 23.3 Å². The van der Waals surface area contributed by atoms with Gasteiger partial charge in [0, 0.05) is 11.6 Å². The molecule has 0 aromatic heterocycles. The molecule has 0 aliphatic heterocycles. The van der Waals surface area contributed by atoms with Gasteiger partial charge in [-0.3, -0.25) is 10.1 Å². The number of rotatable bonds is 2. The summed E-state index contributed by atoms with van der Waals surface area (Å²) >= 11 is 5.44. The molecule has 0 amide bonds. The summed E-state index contributed by atoms with van der Waals surface area (Å²) in [5.41, 5.74) is -0.709. The molecule has 1 aromatic rings. The zero-order valence-electron chi connectivity index (χ0n) is 7.19. The Bertz CT molecular complexity index is 382. The Morgan fingerprint density at radius 3 is 2.43 bits per heavy atom. The Hall–Kier alpha value is -0.620. The molecule has 1 aromatic carbocycles. The molecule has 0 N–H and O–H groups in total. The van der Waals surface area contributed by atoms with E-state index in [4.69, 9.17) is 11.6 Å². The van der Waals surface area contributed by atoms with Gasteiger partial charge in [-0.1, -0.05) is 17.7 Å². The summed E-state index contributed by atoms with van der Waals surface area (Å²) in [6, 6.07) is 3.15. The second kappa shape index (κ2) is 5.31. The first-order valence-electron chi connectivity index (χ1n) is 3.17. The van der Waals surface area contributed by atoms with Gasteiger partial charge in [-0.2, -0.15) is 0 Å². The first-order valence-corrected chi connectivity index (χ1v) is 3.55. The number of aromatic carboxylic acids is 1. The minimum atomic E-state index is -1.47. The van der Waals surface area contributed by atoms with Crippen molar-refractivity contribution in [3.05, 3.63) is 38.9 Å². The van der Waals surface area contributed by atoms with Gasteiger partial charge in [0.1, 0.15) is 5.02 Å². The average molecular weight is 224 g/mol. The van der Waals surface area contributed by atoms with Gasteiger partial charge >= 0.3 is 29.6 Å². The van der Waals surface area contributed by atoms with Crippen molar-refractivity contribution in [1.82, 2.24) is 0 Å². The van der Waals surface area contributed by atoms with Crippen molar-refractivity contribution in [2.45, 2.75) is 0 Å². The molecule has 0 spiro atoms. The number of nitrogens with zero attached hydrogens (tertiary/aromatic N) is 1. The van der Waals surface area contributed by atoms with Gasteiger partial charge in [0.05, 0.1) is 10.9 Å². The Balaban J connectivity index is 0.00000169. The van der Waals surface area contributed by atoms with Gasteiger partial charge in [0.25, 0.3) is 5.69 Å². The number of benzene rings is 1. The molecule has 68 valence electrons. The largest absolute Gasteiger partial charge is 1.00 e. The Kier molecular flexibility index (Phi) is 5.07. The molecule has 7 heteroatoms. The molecule has 0 heterocycles. The van der Waals surface area contributed by atoms with Crippen molar-refractivity contribution in [3.63, 3.8) is 0 Å². The predicted octanol–water partition coefficient (Wildman–Crippen LogP) is -2.38. The number of nitro benzene ring substituents is 1. The smallest absolute Gasteiger partial charge is 0.545 e. The summed E-state index contributed by atoms with van der Waals surface area (Å²) in [6.45, 7) is 0. The molecule has 14 heavy (non-hydrogen) atoms. The van der Waals surface area contributed by atoms with Gasteiger partial charge in [0.2, 0.25) is 0 Å². The zero-order chi connectivity index (χ0) is 10.0. The molecule has 0 unspecified atom stereocenters. The third-order valence-corrected chi connectivity index (χ3v) is 1.70. The van der Waals surface area contributed by atoms with Crippen molar-refractivity contribution in [2.75, 3.05) is 0 Å². The maximum atomic E-state index is 10.3. The summed E-state index contributed by atoms with van der Waals surface area (Å²) < 4.78 is 0. The quantitative estimate of drug-likeness (QED) is 0.318. The fourth-order valence-electron chi connectivity index (χ4n) is 0.780. The summed E-state index contributed by atoms with van der Waals surface area (Å²) in [6.07, 6.45) is 0. The van der Waals surface area contributed by atoms with Crippen LogP contribution in [0.3, 0.4) is 0 Å². The van der Waals surface area contributed by atoms with E-state index in [0.29, 0.717) is 0 Å². The minimum Gasteiger partial charge on any atom is -0.545 e. The number of carbonyl (C=O) groups is 1. The molecule has 0 aliphatic rings. The van der Waals surface area contributed by atoms with Crippen LogP contribution in [0, 0.1) is 10.1 Å². The average Bonchev–Trinajstić information content (AvgIpc) is 2.04. The fraction of sp³-hybridized carbons (Fsp3) is 0. The van der Waals surface area contributed by atoms with Crippen LogP contribution in [0.25, 0.3) is 0 Å². The number of carboxylic acids is 1. The second-order valence-corrected chi connectivity index (χ2v) is 2.62. The Labute approximate surface area is 106 Å². The minimum absolute atomic E-state index is 0. The topological polar surface area (TPSA) is 83.3 Å². The molecule has 0 atom stereocenters. The van der Waals surface area contributed by atoms with Gasteiger partial charge in [-0.25, -0.2) is 0 Å². The molecule has 0 aliphatic carbocycles. The van der Waals surface area contributed by atoms with Crippen LogP contribution in [-0.2, 0) is 0 Å². The normalized spacial score (nSPS) is 8.93. The first kappa shape index (κ1) is 13.4. The van der Waals surface area contributed by atoms with Gasteiger partial charge < -0.3 is 9.90 Å². The van der Waals surface area contributed by atoms with Crippen LogP contribution in [0.1, 0.15) is 10.4 Å². The van der Waals surface area contributed by atoms with Gasteiger partial charge in [-0.05, 0) is 6.07 Å². The predicted molar refractivity (Wildman–Crippen MR) is 42.4 cm³/mol. The summed E-state index contributed by atoms with van der Waals surface area (Å²) in [4.78, 5) is 19.9. The molecule has 0 bridgehead atoms. The third kappa shape index (κ3) is 2.95.